The van der Waals surface area contributed by atoms with Crippen LogP contribution in [0.1, 0.15) is 63.8 Å². The summed E-state index contributed by atoms with van der Waals surface area (Å²) in [5.74, 6) is 0. The van der Waals surface area contributed by atoms with Crippen molar-refractivity contribution >= 4 is 88.6 Å². The minimum absolute atomic E-state index is 0.0238. The van der Waals surface area contributed by atoms with Gasteiger partial charge in [0, 0.05) is 67.2 Å². The molecule has 0 bridgehead atoms. The molecule has 0 saturated carbocycles. The zero-order valence-electron chi connectivity index (χ0n) is 35.4. The molecule has 0 saturated heterocycles. The van der Waals surface area contributed by atoms with E-state index in [2.05, 4.69) is 207 Å². The molecule has 8 aromatic carbocycles. The van der Waals surface area contributed by atoms with Gasteiger partial charge in [-0.25, -0.2) is 0 Å². The monoisotopic (exact) mass is 789 g/mol. The van der Waals surface area contributed by atoms with Crippen LogP contribution < -0.4 is 0 Å². The van der Waals surface area contributed by atoms with Gasteiger partial charge in [-0.15, -0.1) is 0 Å². The minimum Gasteiger partial charge on any atom is -0.309 e. The van der Waals surface area contributed by atoms with E-state index in [1.807, 2.05) is 0 Å². The molecule has 5 nitrogen and oxygen atoms in total. The number of benzene rings is 8. The number of fused-ring (bicyclic) bond motifs is 11. The van der Waals surface area contributed by atoms with E-state index in [0.717, 1.165) is 55.6 Å². The second-order valence-corrected chi connectivity index (χ2v) is 18.6. The normalized spacial score (nSPS) is 12.6. The Morgan fingerprint density at radius 2 is 0.836 bits per heavy atom. The average molecular weight is 790 g/mol. The van der Waals surface area contributed by atoms with Crippen LogP contribution in [-0.4, -0.2) is 26.1 Å². The number of hydrogen-bond donors (Lipinski definition) is 2. The van der Waals surface area contributed by atoms with Crippen LogP contribution in [0.5, 0.6) is 0 Å². The van der Waals surface area contributed by atoms with Crippen molar-refractivity contribution in [2.75, 3.05) is 0 Å². The molecular formula is C56H47N5. The standard InChI is InChI=1S/C56H47N5/c1-55(2,3)37-20-24-49-44(29-37)45-30-38(56(4,5)6)21-25-50(45)61(49)54-35(32-57)27-40(28-36(54)33-58)60-51-26-22-39(31-46(51)53-41-14-8-7-13-34(41)19-23-52(53)60)59-47-17-11-9-15-42(47)43-16-10-12-18-48(43)59/h7-33,57-58H,1-6H3. The van der Waals surface area contributed by atoms with Gasteiger partial charge in [0.25, 0.3) is 0 Å². The van der Waals surface area contributed by atoms with Crippen LogP contribution in [0.15, 0.2) is 152 Å². The van der Waals surface area contributed by atoms with Gasteiger partial charge in [0.15, 0.2) is 0 Å². The van der Waals surface area contributed by atoms with E-state index in [9.17, 15) is 0 Å². The van der Waals surface area contributed by atoms with Crippen LogP contribution in [-0.2, 0) is 10.8 Å². The molecule has 0 unspecified atom stereocenters. The topological polar surface area (TPSA) is 62.5 Å². The maximum atomic E-state index is 8.98. The summed E-state index contributed by atoms with van der Waals surface area (Å²) in [6, 6.07) is 55.1. The molecule has 0 aliphatic carbocycles. The van der Waals surface area contributed by atoms with Crippen LogP contribution >= 0.6 is 0 Å². The van der Waals surface area contributed by atoms with Crippen molar-refractivity contribution in [1.82, 2.24) is 13.7 Å². The molecular weight excluding hydrogens is 743 g/mol. The van der Waals surface area contributed by atoms with Gasteiger partial charge in [0.2, 0.25) is 0 Å². The predicted molar refractivity (Wildman–Crippen MR) is 260 cm³/mol. The van der Waals surface area contributed by atoms with Crippen molar-refractivity contribution in [3.8, 4) is 17.1 Å². The zero-order chi connectivity index (χ0) is 41.9. The van der Waals surface area contributed by atoms with E-state index in [-0.39, 0.29) is 10.8 Å². The van der Waals surface area contributed by atoms with E-state index in [1.54, 1.807) is 0 Å². The molecule has 0 atom stereocenters. The predicted octanol–water partition coefficient (Wildman–Crippen LogP) is 14.7. The third kappa shape index (κ3) is 5.46. The first-order chi connectivity index (χ1) is 29.4. The van der Waals surface area contributed by atoms with Gasteiger partial charge in [-0.05, 0) is 106 Å². The average Bonchev–Trinajstić information content (AvgIpc) is 3.90. The Balaban J connectivity index is 1.19. The second-order valence-electron chi connectivity index (χ2n) is 18.6. The lowest BCUT2D eigenvalue weighted by atomic mass is 9.85. The minimum atomic E-state index is -0.0238. The first-order valence-corrected chi connectivity index (χ1v) is 21.2. The third-order valence-corrected chi connectivity index (χ3v) is 12.9. The third-order valence-electron chi connectivity index (χ3n) is 12.9. The van der Waals surface area contributed by atoms with Crippen molar-refractivity contribution in [3.05, 3.63) is 174 Å². The molecule has 296 valence electrons. The number of rotatable bonds is 5. The SMILES string of the molecule is CC(C)(C)c1ccc2c(c1)c1cc(C(C)(C)C)ccc1n2-c1c(C=N)cc(-n2c3ccc(-n4c5ccccc5c5ccccc54)cc3c3c4ccccc4ccc32)cc1C=N. The fourth-order valence-corrected chi connectivity index (χ4v) is 9.86. The van der Waals surface area contributed by atoms with Crippen molar-refractivity contribution in [3.63, 3.8) is 0 Å². The molecule has 0 spiro atoms. The Labute approximate surface area is 355 Å². The Kier molecular flexibility index (Phi) is 7.92. The number of hydrogen-bond acceptors (Lipinski definition) is 2. The van der Waals surface area contributed by atoms with E-state index in [1.165, 1.54) is 72.3 Å². The van der Waals surface area contributed by atoms with Crippen LogP contribution in [0.4, 0.5) is 0 Å². The van der Waals surface area contributed by atoms with Gasteiger partial charge in [0.1, 0.15) is 0 Å². The molecule has 2 N–H and O–H groups in total. The van der Waals surface area contributed by atoms with Gasteiger partial charge in [-0.3, -0.25) is 0 Å². The summed E-state index contributed by atoms with van der Waals surface area (Å²) < 4.78 is 6.99. The van der Waals surface area contributed by atoms with E-state index < -0.39 is 0 Å². The highest BCUT2D eigenvalue weighted by molar-refractivity contribution is 6.22. The van der Waals surface area contributed by atoms with Crippen LogP contribution in [0, 0.1) is 10.8 Å². The van der Waals surface area contributed by atoms with Gasteiger partial charge < -0.3 is 24.5 Å². The molecule has 3 aromatic heterocycles. The summed E-state index contributed by atoms with van der Waals surface area (Å²) in [5.41, 5.74) is 13.4. The lowest BCUT2D eigenvalue weighted by Gasteiger charge is -2.20. The Hall–Kier alpha value is -7.24. The van der Waals surface area contributed by atoms with E-state index >= 15 is 0 Å². The van der Waals surface area contributed by atoms with Crippen molar-refractivity contribution in [1.29, 1.82) is 10.8 Å². The number of para-hydroxylation sites is 2. The highest BCUT2D eigenvalue weighted by Crippen LogP contribution is 2.42. The van der Waals surface area contributed by atoms with E-state index in [4.69, 9.17) is 10.8 Å². The fraction of sp³-hybridized carbons (Fsp3) is 0.143. The summed E-state index contributed by atoms with van der Waals surface area (Å²) in [6.07, 6.45) is 2.92. The summed E-state index contributed by atoms with van der Waals surface area (Å²) in [4.78, 5) is 0. The Morgan fingerprint density at radius 3 is 1.39 bits per heavy atom. The molecule has 0 radical (unpaired) electrons. The molecule has 0 aliphatic rings. The molecule has 0 aliphatic heterocycles. The van der Waals surface area contributed by atoms with Gasteiger partial charge in [-0.2, -0.15) is 0 Å². The summed E-state index contributed by atoms with van der Waals surface area (Å²) in [5, 5.41) is 27.5. The Morgan fingerprint density at radius 1 is 0.377 bits per heavy atom. The Bertz CT molecular complexity index is 3500. The molecule has 5 heteroatoms. The first kappa shape index (κ1) is 36.8. The summed E-state index contributed by atoms with van der Waals surface area (Å²) in [6.45, 7) is 13.6. The largest absolute Gasteiger partial charge is 0.309 e. The molecule has 3 heterocycles. The number of aromatic nitrogens is 3. The van der Waals surface area contributed by atoms with Crippen LogP contribution in [0.25, 0.3) is 93.3 Å². The smallest absolute Gasteiger partial charge is 0.0638 e. The highest BCUT2D eigenvalue weighted by atomic mass is 15.0. The maximum absolute atomic E-state index is 8.98. The summed E-state index contributed by atoms with van der Waals surface area (Å²) in [7, 11) is 0. The summed E-state index contributed by atoms with van der Waals surface area (Å²) >= 11 is 0. The van der Waals surface area contributed by atoms with Crippen molar-refractivity contribution in [2.24, 2.45) is 0 Å². The van der Waals surface area contributed by atoms with Gasteiger partial charge in [-0.1, -0.05) is 120 Å². The molecule has 61 heavy (non-hydrogen) atoms. The number of nitrogens with one attached hydrogen (secondary N) is 2. The quantitative estimate of drug-likeness (QED) is 0.163. The maximum Gasteiger partial charge on any atom is 0.0638 e. The highest BCUT2D eigenvalue weighted by Gasteiger charge is 2.25. The zero-order valence-corrected chi connectivity index (χ0v) is 35.4. The second kappa shape index (κ2) is 13.1. The lowest BCUT2D eigenvalue weighted by molar-refractivity contribution is 0.590. The molecule has 11 aromatic rings. The fourth-order valence-electron chi connectivity index (χ4n) is 9.86. The van der Waals surface area contributed by atoms with Gasteiger partial charge in [0.05, 0.1) is 38.8 Å². The van der Waals surface area contributed by atoms with Crippen LogP contribution in [0.3, 0.4) is 0 Å². The lowest BCUT2D eigenvalue weighted by Crippen LogP contribution is -2.10. The van der Waals surface area contributed by atoms with Crippen molar-refractivity contribution in [2.45, 2.75) is 52.4 Å². The number of nitrogens with zero attached hydrogens (tertiary/aromatic N) is 3. The molecule has 11 rings (SSSR count). The molecule has 0 fully saturated rings. The van der Waals surface area contributed by atoms with Crippen LogP contribution in [0.2, 0.25) is 0 Å². The van der Waals surface area contributed by atoms with Crippen molar-refractivity contribution < 1.29 is 0 Å². The van der Waals surface area contributed by atoms with Gasteiger partial charge >= 0.3 is 0 Å². The molecule has 0 amide bonds. The first-order valence-electron chi connectivity index (χ1n) is 21.2. The van der Waals surface area contributed by atoms with E-state index in [0.29, 0.717) is 0 Å².